The SMILES string of the molecule is NC(=NO)c1ncccc1CNc1cccc(Br)c1. The van der Waals surface area contributed by atoms with E-state index < -0.39 is 0 Å². The predicted molar refractivity (Wildman–Crippen MR) is 78.2 cm³/mol. The van der Waals surface area contributed by atoms with Crippen LogP contribution in [-0.4, -0.2) is 16.0 Å². The number of benzene rings is 1. The Labute approximate surface area is 119 Å². The quantitative estimate of drug-likeness (QED) is 0.350. The first kappa shape index (κ1) is 13.4. The van der Waals surface area contributed by atoms with Crippen LogP contribution in [0.1, 0.15) is 11.3 Å². The van der Waals surface area contributed by atoms with Crippen LogP contribution in [0.4, 0.5) is 5.69 Å². The molecular weight excluding hydrogens is 308 g/mol. The van der Waals surface area contributed by atoms with Crippen LogP contribution in [0.3, 0.4) is 0 Å². The molecule has 0 saturated carbocycles. The van der Waals surface area contributed by atoms with Crippen molar-refractivity contribution in [3.63, 3.8) is 0 Å². The summed E-state index contributed by atoms with van der Waals surface area (Å²) in [6, 6.07) is 11.5. The topological polar surface area (TPSA) is 83.5 Å². The highest BCUT2D eigenvalue weighted by molar-refractivity contribution is 9.10. The molecular formula is C13H13BrN4O. The normalized spacial score (nSPS) is 11.3. The minimum absolute atomic E-state index is 0.00615. The van der Waals surface area contributed by atoms with Gasteiger partial charge in [-0.2, -0.15) is 0 Å². The van der Waals surface area contributed by atoms with Crippen LogP contribution >= 0.6 is 15.9 Å². The summed E-state index contributed by atoms with van der Waals surface area (Å²) in [5, 5.41) is 15.0. The minimum atomic E-state index is 0.00615. The molecule has 1 aromatic heterocycles. The molecule has 0 fully saturated rings. The summed E-state index contributed by atoms with van der Waals surface area (Å²) < 4.78 is 1.00. The number of anilines is 1. The maximum absolute atomic E-state index is 8.73. The molecule has 1 heterocycles. The first-order valence-corrected chi connectivity index (χ1v) is 6.41. The number of nitrogens with one attached hydrogen (secondary N) is 1. The molecule has 0 spiro atoms. The Bertz CT molecular complexity index is 601. The van der Waals surface area contributed by atoms with E-state index in [-0.39, 0.29) is 5.84 Å². The van der Waals surface area contributed by atoms with E-state index in [9.17, 15) is 0 Å². The van der Waals surface area contributed by atoms with Crippen molar-refractivity contribution < 1.29 is 5.21 Å². The highest BCUT2D eigenvalue weighted by atomic mass is 79.9. The molecule has 0 aliphatic heterocycles. The molecule has 0 bridgehead atoms. The van der Waals surface area contributed by atoms with E-state index in [0.29, 0.717) is 12.2 Å². The van der Waals surface area contributed by atoms with Crippen LogP contribution < -0.4 is 11.1 Å². The van der Waals surface area contributed by atoms with Crippen molar-refractivity contribution in [1.29, 1.82) is 0 Å². The molecule has 4 N–H and O–H groups in total. The summed E-state index contributed by atoms with van der Waals surface area (Å²) in [4.78, 5) is 4.11. The Hall–Kier alpha value is -2.08. The average molecular weight is 321 g/mol. The lowest BCUT2D eigenvalue weighted by atomic mass is 10.1. The summed E-state index contributed by atoms with van der Waals surface area (Å²) in [6.45, 7) is 0.538. The first-order valence-electron chi connectivity index (χ1n) is 5.62. The van der Waals surface area contributed by atoms with Crippen molar-refractivity contribution in [2.24, 2.45) is 10.9 Å². The summed E-state index contributed by atoms with van der Waals surface area (Å²) in [5.41, 5.74) is 7.90. The fourth-order valence-electron chi connectivity index (χ4n) is 1.65. The molecule has 0 radical (unpaired) electrons. The average Bonchev–Trinajstić information content (AvgIpc) is 2.45. The third-order valence-corrected chi connectivity index (χ3v) is 3.04. The van der Waals surface area contributed by atoms with Gasteiger partial charge in [0.25, 0.3) is 0 Å². The zero-order chi connectivity index (χ0) is 13.7. The van der Waals surface area contributed by atoms with E-state index in [4.69, 9.17) is 10.9 Å². The Morgan fingerprint density at radius 3 is 2.95 bits per heavy atom. The van der Waals surface area contributed by atoms with Gasteiger partial charge in [-0.05, 0) is 24.3 Å². The van der Waals surface area contributed by atoms with Gasteiger partial charge in [-0.1, -0.05) is 33.2 Å². The second-order valence-electron chi connectivity index (χ2n) is 3.86. The third kappa shape index (κ3) is 3.45. The van der Waals surface area contributed by atoms with Gasteiger partial charge in [-0.3, -0.25) is 4.98 Å². The van der Waals surface area contributed by atoms with Crippen molar-refractivity contribution >= 4 is 27.5 Å². The summed E-state index contributed by atoms with van der Waals surface area (Å²) in [6.07, 6.45) is 1.61. The van der Waals surface area contributed by atoms with E-state index in [1.807, 2.05) is 36.4 Å². The van der Waals surface area contributed by atoms with Crippen LogP contribution in [0.15, 0.2) is 52.2 Å². The second-order valence-corrected chi connectivity index (χ2v) is 4.78. The Morgan fingerprint density at radius 2 is 2.21 bits per heavy atom. The zero-order valence-electron chi connectivity index (χ0n) is 10.0. The van der Waals surface area contributed by atoms with Crippen LogP contribution in [-0.2, 0) is 6.54 Å². The van der Waals surface area contributed by atoms with Gasteiger partial charge in [-0.25, -0.2) is 0 Å². The molecule has 1 aromatic carbocycles. The number of rotatable bonds is 4. The molecule has 5 nitrogen and oxygen atoms in total. The first-order chi connectivity index (χ1) is 9.20. The summed E-state index contributed by atoms with van der Waals surface area (Å²) in [5.74, 6) is 0.00615. The van der Waals surface area contributed by atoms with Gasteiger partial charge in [-0.15, -0.1) is 0 Å². The number of pyridine rings is 1. The lowest BCUT2D eigenvalue weighted by Crippen LogP contribution is -2.18. The molecule has 98 valence electrons. The monoisotopic (exact) mass is 320 g/mol. The van der Waals surface area contributed by atoms with E-state index in [1.54, 1.807) is 6.20 Å². The van der Waals surface area contributed by atoms with E-state index in [2.05, 4.69) is 31.4 Å². The van der Waals surface area contributed by atoms with Crippen molar-refractivity contribution in [2.45, 2.75) is 6.54 Å². The highest BCUT2D eigenvalue weighted by Crippen LogP contribution is 2.17. The van der Waals surface area contributed by atoms with Gasteiger partial charge in [0, 0.05) is 28.5 Å². The molecule has 2 aromatic rings. The lowest BCUT2D eigenvalue weighted by molar-refractivity contribution is 0.318. The summed E-state index contributed by atoms with van der Waals surface area (Å²) in [7, 11) is 0. The van der Waals surface area contributed by atoms with Crippen LogP contribution in [0.5, 0.6) is 0 Å². The molecule has 0 unspecified atom stereocenters. The molecule has 19 heavy (non-hydrogen) atoms. The van der Waals surface area contributed by atoms with Crippen LogP contribution in [0.25, 0.3) is 0 Å². The van der Waals surface area contributed by atoms with Crippen LogP contribution in [0.2, 0.25) is 0 Å². The minimum Gasteiger partial charge on any atom is -0.409 e. The number of nitrogens with zero attached hydrogens (tertiary/aromatic N) is 2. The van der Waals surface area contributed by atoms with Gasteiger partial charge in [0.05, 0.1) is 0 Å². The molecule has 0 aliphatic rings. The molecule has 0 amide bonds. The Morgan fingerprint density at radius 1 is 1.37 bits per heavy atom. The highest BCUT2D eigenvalue weighted by Gasteiger charge is 2.07. The zero-order valence-corrected chi connectivity index (χ0v) is 11.6. The number of hydrogen-bond donors (Lipinski definition) is 3. The fourth-order valence-corrected chi connectivity index (χ4v) is 2.05. The van der Waals surface area contributed by atoms with Crippen molar-refractivity contribution in [3.8, 4) is 0 Å². The van der Waals surface area contributed by atoms with E-state index in [1.165, 1.54) is 0 Å². The number of oxime groups is 1. The molecule has 0 saturated heterocycles. The number of amidine groups is 1. The third-order valence-electron chi connectivity index (χ3n) is 2.55. The van der Waals surface area contributed by atoms with Gasteiger partial charge >= 0.3 is 0 Å². The molecule has 2 rings (SSSR count). The number of halogens is 1. The summed E-state index contributed by atoms with van der Waals surface area (Å²) >= 11 is 3.41. The maximum atomic E-state index is 8.73. The van der Waals surface area contributed by atoms with Gasteiger partial charge in [0.15, 0.2) is 5.84 Å². The standard InChI is InChI=1S/C13H13BrN4O/c14-10-4-1-5-11(7-10)17-8-9-3-2-6-16-12(9)13(15)18-19/h1-7,17,19H,8H2,(H2,15,18). The second kappa shape index (κ2) is 6.19. The smallest absolute Gasteiger partial charge is 0.189 e. The molecule has 0 atom stereocenters. The number of nitrogens with two attached hydrogens (primary N) is 1. The Kier molecular flexibility index (Phi) is 4.35. The fraction of sp³-hybridized carbons (Fsp3) is 0.0769. The van der Waals surface area contributed by atoms with Gasteiger partial charge < -0.3 is 16.3 Å². The lowest BCUT2D eigenvalue weighted by Gasteiger charge is -2.09. The molecule has 0 aliphatic carbocycles. The Balaban J connectivity index is 2.16. The molecule has 6 heteroatoms. The van der Waals surface area contributed by atoms with Gasteiger partial charge in [0.1, 0.15) is 5.69 Å². The largest absolute Gasteiger partial charge is 0.409 e. The number of aromatic nitrogens is 1. The van der Waals surface area contributed by atoms with Crippen molar-refractivity contribution in [3.05, 3.63) is 58.3 Å². The van der Waals surface area contributed by atoms with E-state index >= 15 is 0 Å². The number of hydrogen-bond acceptors (Lipinski definition) is 4. The van der Waals surface area contributed by atoms with Gasteiger partial charge in [0.2, 0.25) is 0 Å². The maximum Gasteiger partial charge on any atom is 0.189 e. The predicted octanol–water partition coefficient (Wildman–Crippen LogP) is 2.55. The van der Waals surface area contributed by atoms with E-state index in [0.717, 1.165) is 15.7 Å². The van der Waals surface area contributed by atoms with Crippen LogP contribution in [0, 0.1) is 0 Å². The van der Waals surface area contributed by atoms with Crippen molar-refractivity contribution in [1.82, 2.24) is 4.98 Å². The van der Waals surface area contributed by atoms with Crippen molar-refractivity contribution in [2.75, 3.05) is 5.32 Å².